The van der Waals surface area contributed by atoms with Crippen molar-refractivity contribution < 1.29 is 27.5 Å². The van der Waals surface area contributed by atoms with Crippen LogP contribution in [0.25, 0.3) is 11.8 Å². The van der Waals surface area contributed by atoms with Crippen molar-refractivity contribution in [3.05, 3.63) is 94.6 Å². The van der Waals surface area contributed by atoms with E-state index in [4.69, 9.17) is 0 Å². The largest absolute Gasteiger partial charge is 0.392 e. The van der Waals surface area contributed by atoms with E-state index in [-0.39, 0.29) is 18.8 Å². The SMILES string of the molecule is C[C@]12Cc3cnn(-c4ccc(F)cc4)c3C=C1CC[C@H]1C2=CC[C@@H](C(F)(F)F)[C@@H]1C(=O)Nc1ccc(CO)cc1. The molecule has 1 heterocycles. The van der Waals surface area contributed by atoms with Gasteiger partial charge in [0.05, 0.1) is 36.0 Å². The number of hydrogen-bond donors (Lipinski definition) is 2. The van der Waals surface area contributed by atoms with E-state index < -0.39 is 35.3 Å². The van der Waals surface area contributed by atoms with Crippen LogP contribution in [0.5, 0.6) is 0 Å². The molecular formula is C31H29F4N3O2. The first-order valence-electron chi connectivity index (χ1n) is 13.4. The van der Waals surface area contributed by atoms with E-state index >= 15 is 0 Å². The molecule has 1 amide bonds. The number of rotatable bonds is 4. The lowest BCUT2D eigenvalue weighted by Crippen LogP contribution is -2.49. The third kappa shape index (κ3) is 4.46. The van der Waals surface area contributed by atoms with E-state index in [0.29, 0.717) is 30.5 Å². The molecule has 0 aliphatic heterocycles. The Labute approximate surface area is 229 Å². The highest BCUT2D eigenvalue weighted by Gasteiger charge is 2.56. The van der Waals surface area contributed by atoms with Gasteiger partial charge in [-0.2, -0.15) is 18.3 Å². The number of benzene rings is 2. The van der Waals surface area contributed by atoms with Gasteiger partial charge in [-0.25, -0.2) is 9.07 Å². The molecule has 1 saturated carbocycles. The standard InChI is InChI=1S/C31H29F4N3O2/c1-30-15-19-16-36-38(23-9-5-21(32)6-10-23)27(19)14-20(30)4-11-24-25(30)12-13-26(31(33,34)35)28(24)29(40)37-22-7-2-18(17-39)3-8-22/h2-3,5-10,12,14,16,24,26,28,39H,4,11,13,15,17H2,1H3,(H,37,40)/t24-,26+,28+,30-/m0/s1. The molecule has 208 valence electrons. The van der Waals surface area contributed by atoms with Crippen LogP contribution in [0, 0.1) is 29.0 Å². The fourth-order valence-electron chi connectivity index (χ4n) is 6.85. The maximum absolute atomic E-state index is 14.3. The predicted molar refractivity (Wildman–Crippen MR) is 143 cm³/mol. The summed E-state index contributed by atoms with van der Waals surface area (Å²) in [6, 6.07) is 12.5. The van der Waals surface area contributed by atoms with Crippen LogP contribution in [0.3, 0.4) is 0 Å². The van der Waals surface area contributed by atoms with E-state index in [0.717, 1.165) is 28.1 Å². The van der Waals surface area contributed by atoms with Crippen LogP contribution in [-0.4, -0.2) is 27.0 Å². The Hall–Kier alpha value is -3.72. The Morgan fingerprint density at radius 3 is 2.55 bits per heavy atom. The molecule has 2 N–H and O–H groups in total. The number of carbonyl (C=O) groups excluding carboxylic acids is 1. The van der Waals surface area contributed by atoms with Gasteiger partial charge in [-0.05, 0) is 85.2 Å². The molecule has 0 spiro atoms. The molecular weight excluding hydrogens is 522 g/mol. The third-order valence-electron chi connectivity index (χ3n) is 8.87. The molecule has 4 atom stereocenters. The summed E-state index contributed by atoms with van der Waals surface area (Å²) >= 11 is 0. The molecule has 3 aliphatic rings. The van der Waals surface area contributed by atoms with Crippen LogP contribution < -0.4 is 5.32 Å². The Balaban J connectivity index is 1.33. The fourth-order valence-corrected chi connectivity index (χ4v) is 6.85. The van der Waals surface area contributed by atoms with Crippen molar-refractivity contribution in [2.75, 3.05) is 5.32 Å². The molecule has 0 unspecified atom stereocenters. The lowest BCUT2D eigenvalue weighted by molar-refractivity contribution is -0.196. The number of fused-ring (bicyclic) bond motifs is 4. The zero-order valence-corrected chi connectivity index (χ0v) is 21.9. The zero-order valence-electron chi connectivity index (χ0n) is 21.9. The summed E-state index contributed by atoms with van der Waals surface area (Å²) in [5, 5.41) is 16.5. The number of anilines is 1. The molecule has 9 heteroatoms. The van der Waals surface area contributed by atoms with Gasteiger partial charge in [-0.3, -0.25) is 4.79 Å². The minimum Gasteiger partial charge on any atom is -0.392 e. The van der Waals surface area contributed by atoms with E-state index in [2.05, 4.69) is 23.4 Å². The third-order valence-corrected chi connectivity index (χ3v) is 8.87. The monoisotopic (exact) mass is 551 g/mol. The molecule has 0 bridgehead atoms. The molecule has 3 aliphatic carbocycles. The van der Waals surface area contributed by atoms with Crippen LogP contribution in [-0.2, 0) is 17.8 Å². The molecule has 2 aromatic carbocycles. The van der Waals surface area contributed by atoms with Crippen molar-refractivity contribution >= 4 is 17.7 Å². The number of halogens is 4. The zero-order chi connectivity index (χ0) is 28.2. The van der Waals surface area contributed by atoms with Crippen molar-refractivity contribution in [2.24, 2.45) is 23.2 Å². The molecule has 40 heavy (non-hydrogen) atoms. The van der Waals surface area contributed by atoms with Crippen LogP contribution in [0.15, 0.2) is 72.0 Å². The number of nitrogens with one attached hydrogen (secondary N) is 1. The predicted octanol–water partition coefficient (Wildman–Crippen LogP) is 6.62. The van der Waals surface area contributed by atoms with Gasteiger partial charge in [-0.1, -0.05) is 36.3 Å². The van der Waals surface area contributed by atoms with E-state index in [1.807, 2.05) is 0 Å². The maximum atomic E-state index is 14.3. The first-order chi connectivity index (χ1) is 19.1. The van der Waals surface area contributed by atoms with Gasteiger partial charge < -0.3 is 10.4 Å². The summed E-state index contributed by atoms with van der Waals surface area (Å²) in [4.78, 5) is 13.5. The minimum absolute atomic E-state index is 0.165. The van der Waals surface area contributed by atoms with Gasteiger partial charge in [0.15, 0.2) is 0 Å². The van der Waals surface area contributed by atoms with Crippen molar-refractivity contribution in [3.63, 3.8) is 0 Å². The Kier molecular flexibility index (Phi) is 6.45. The number of amides is 1. The number of aliphatic hydroxyl groups excluding tert-OH is 1. The van der Waals surface area contributed by atoms with Crippen LogP contribution >= 0.6 is 0 Å². The number of allylic oxidation sites excluding steroid dienone is 3. The molecule has 5 nitrogen and oxygen atoms in total. The van der Waals surface area contributed by atoms with Crippen molar-refractivity contribution in [3.8, 4) is 5.69 Å². The highest BCUT2D eigenvalue weighted by Crippen LogP contribution is 2.59. The second kappa shape index (κ2) is 9.73. The number of hydrogen-bond acceptors (Lipinski definition) is 3. The molecule has 1 fully saturated rings. The van der Waals surface area contributed by atoms with E-state index in [1.54, 1.807) is 53.4 Å². The highest BCUT2D eigenvalue weighted by atomic mass is 19.4. The number of alkyl halides is 3. The second-order valence-corrected chi connectivity index (χ2v) is 11.2. The number of carbonyl (C=O) groups is 1. The highest BCUT2D eigenvalue weighted by molar-refractivity contribution is 5.93. The van der Waals surface area contributed by atoms with Crippen LogP contribution in [0.2, 0.25) is 0 Å². The lowest BCUT2D eigenvalue weighted by atomic mass is 9.54. The number of nitrogens with zero attached hydrogens (tertiary/aromatic N) is 2. The molecule has 0 radical (unpaired) electrons. The average Bonchev–Trinajstić information content (AvgIpc) is 3.33. The molecule has 1 aromatic heterocycles. The van der Waals surface area contributed by atoms with Gasteiger partial charge in [0.1, 0.15) is 5.82 Å². The van der Waals surface area contributed by atoms with Gasteiger partial charge in [0.2, 0.25) is 5.91 Å². The molecule has 0 saturated heterocycles. The van der Waals surface area contributed by atoms with Crippen LogP contribution in [0.1, 0.15) is 43.0 Å². The number of aliphatic hydroxyl groups is 1. The van der Waals surface area contributed by atoms with E-state index in [1.165, 1.54) is 12.1 Å². The normalized spacial score (nSPS) is 25.7. The summed E-state index contributed by atoms with van der Waals surface area (Å²) in [6.45, 7) is 1.90. The first kappa shape index (κ1) is 26.5. The summed E-state index contributed by atoms with van der Waals surface area (Å²) in [7, 11) is 0. The Morgan fingerprint density at radius 2 is 1.88 bits per heavy atom. The van der Waals surface area contributed by atoms with Crippen molar-refractivity contribution in [1.82, 2.24) is 9.78 Å². The van der Waals surface area contributed by atoms with E-state index in [9.17, 15) is 27.5 Å². The van der Waals surface area contributed by atoms with Crippen molar-refractivity contribution in [1.29, 1.82) is 0 Å². The lowest BCUT2D eigenvalue weighted by Gasteiger charge is -2.50. The summed E-state index contributed by atoms with van der Waals surface area (Å²) in [6.07, 6.45) is 2.35. The van der Waals surface area contributed by atoms with Gasteiger partial charge in [-0.15, -0.1) is 0 Å². The second-order valence-electron chi connectivity index (χ2n) is 11.2. The quantitative estimate of drug-likeness (QED) is 0.283. The summed E-state index contributed by atoms with van der Waals surface area (Å²) < 4.78 is 58.1. The maximum Gasteiger partial charge on any atom is 0.392 e. The average molecular weight is 552 g/mol. The summed E-state index contributed by atoms with van der Waals surface area (Å²) in [5.41, 5.74) is 5.10. The van der Waals surface area contributed by atoms with Gasteiger partial charge >= 0.3 is 6.18 Å². The Bertz CT molecular complexity index is 1500. The number of aromatic nitrogens is 2. The van der Waals surface area contributed by atoms with Crippen molar-refractivity contribution in [2.45, 2.75) is 45.4 Å². The summed E-state index contributed by atoms with van der Waals surface area (Å²) in [5.74, 6) is -4.54. The minimum atomic E-state index is -4.52. The topological polar surface area (TPSA) is 67.2 Å². The van der Waals surface area contributed by atoms with Gasteiger partial charge in [0.25, 0.3) is 0 Å². The fraction of sp³-hybridized carbons (Fsp3) is 0.355. The smallest absolute Gasteiger partial charge is 0.392 e. The molecule has 3 aromatic rings. The van der Waals surface area contributed by atoms with Gasteiger partial charge in [0, 0.05) is 11.1 Å². The molecule has 6 rings (SSSR count). The Morgan fingerprint density at radius 1 is 1.15 bits per heavy atom. The van der Waals surface area contributed by atoms with Crippen LogP contribution in [0.4, 0.5) is 23.2 Å². The first-order valence-corrected chi connectivity index (χ1v) is 13.4.